The fourth-order valence-electron chi connectivity index (χ4n) is 3.46. The topological polar surface area (TPSA) is 55.8 Å². The minimum atomic E-state index is -0.408. The molecule has 1 rings (SSSR count). The highest BCUT2D eigenvalue weighted by molar-refractivity contribution is 5.90. The van der Waals surface area contributed by atoms with E-state index in [1.54, 1.807) is 7.11 Å². The van der Waals surface area contributed by atoms with Crippen molar-refractivity contribution in [2.24, 2.45) is 5.41 Å². The van der Waals surface area contributed by atoms with Crippen LogP contribution in [0.4, 0.5) is 0 Å². The van der Waals surface area contributed by atoms with Crippen LogP contribution in [0.2, 0.25) is 0 Å². The Kier molecular flexibility index (Phi) is 6.85. The summed E-state index contributed by atoms with van der Waals surface area (Å²) in [5.74, 6) is 0.444. The van der Waals surface area contributed by atoms with Gasteiger partial charge in [0.05, 0.1) is 19.3 Å². The van der Waals surface area contributed by atoms with Crippen LogP contribution in [0.15, 0.2) is 12.1 Å². The number of aryl methyl sites for hydroxylation is 1. The molecule has 0 atom stereocenters. The predicted molar refractivity (Wildman–Crippen MR) is 96.8 cm³/mol. The Bertz CT molecular complexity index is 568. The number of carbonyl (C=O) groups is 1. The van der Waals surface area contributed by atoms with Gasteiger partial charge in [-0.3, -0.25) is 0 Å². The summed E-state index contributed by atoms with van der Waals surface area (Å²) in [6.07, 6.45) is 1.72. The molecule has 0 saturated carbocycles. The van der Waals surface area contributed by atoms with E-state index >= 15 is 0 Å². The van der Waals surface area contributed by atoms with Crippen LogP contribution in [0.3, 0.4) is 0 Å². The van der Waals surface area contributed by atoms with Crippen LogP contribution in [0.5, 0.6) is 5.75 Å². The minimum Gasteiger partial charge on any atom is -0.496 e. The van der Waals surface area contributed by atoms with Crippen LogP contribution in [0, 0.1) is 5.41 Å². The quantitative estimate of drug-likeness (QED) is 0.761. The van der Waals surface area contributed by atoms with E-state index in [9.17, 15) is 4.79 Å². The Morgan fingerprint density at radius 3 is 2.25 bits per heavy atom. The number of ether oxygens (including phenoxy) is 2. The van der Waals surface area contributed by atoms with E-state index in [0.29, 0.717) is 5.56 Å². The van der Waals surface area contributed by atoms with E-state index in [1.807, 2.05) is 19.1 Å². The summed E-state index contributed by atoms with van der Waals surface area (Å²) in [5.41, 5.74) is 2.52. The largest absolute Gasteiger partial charge is 0.496 e. The molecule has 24 heavy (non-hydrogen) atoms. The predicted octanol–water partition coefficient (Wildman–Crippen LogP) is 4.12. The van der Waals surface area contributed by atoms with Crippen LogP contribution in [-0.2, 0) is 16.6 Å². The molecule has 0 aliphatic carbocycles. The van der Waals surface area contributed by atoms with E-state index in [1.165, 1.54) is 0 Å². The van der Waals surface area contributed by atoms with Crippen molar-refractivity contribution in [2.45, 2.75) is 59.8 Å². The van der Waals surface area contributed by atoms with E-state index in [4.69, 9.17) is 14.6 Å². The molecule has 4 nitrogen and oxygen atoms in total. The summed E-state index contributed by atoms with van der Waals surface area (Å²) in [4.78, 5) is 12.3. The molecule has 0 fully saturated rings. The molecule has 0 unspecified atom stereocenters. The van der Waals surface area contributed by atoms with Crippen molar-refractivity contribution < 1.29 is 19.4 Å². The van der Waals surface area contributed by atoms with E-state index < -0.39 is 5.97 Å². The van der Waals surface area contributed by atoms with Crippen LogP contribution < -0.4 is 4.74 Å². The van der Waals surface area contributed by atoms with Crippen molar-refractivity contribution in [3.8, 4) is 5.75 Å². The Labute approximate surface area is 146 Å². The lowest BCUT2D eigenvalue weighted by atomic mass is 9.71. The highest BCUT2D eigenvalue weighted by Gasteiger charge is 2.31. The maximum absolute atomic E-state index is 12.3. The number of rotatable bonds is 7. The molecule has 0 heterocycles. The molecule has 1 aromatic rings. The Morgan fingerprint density at radius 1 is 1.17 bits per heavy atom. The van der Waals surface area contributed by atoms with Crippen molar-refractivity contribution in [1.29, 1.82) is 0 Å². The minimum absolute atomic E-state index is 0.00698. The fourth-order valence-corrected chi connectivity index (χ4v) is 3.46. The monoisotopic (exact) mass is 336 g/mol. The highest BCUT2D eigenvalue weighted by Crippen LogP contribution is 2.42. The smallest absolute Gasteiger partial charge is 0.338 e. The Morgan fingerprint density at radius 2 is 1.79 bits per heavy atom. The van der Waals surface area contributed by atoms with Gasteiger partial charge in [0.2, 0.25) is 0 Å². The Hall–Kier alpha value is -1.55. The zero-order valence-corrected chi connectivity index (χ0v) is 16.2. The second-order valence-electron chi connectivity index (χ2n) is 8.05. The number of methoxy groups -OCH3 is 1. The van der Waals surface area contributed by atoms with Gasteiger partial charge in [-0.1, -0.05) is 41.5 Å². The van der Waals surface area contributed by atoms with Gasteiger partial charge in [0, 0.05) is 5.56 Å². The molecule has 136 valence electrons. The number of aliphatic hydroxyl groups is 1. The van der Waals surface area contributed by atoms with Gasteiger partial charge < -0.3 is 14.6 Å². The summed E-state index contributed by atoms with van der Waals surface area (Å²) in [5, 5.41) is 8.86. The number of benzene rings is 1. The molecular weight excluding hydrogens is 304 g/mol. The van der Waals surface area contributed by atoms with Gasteiger partial charge in [0.15, 0.2) is 0 Å². The van der Waals surface area contributed by atoms with E-state index in [-0.39, 0.29) is 24.0 Å². The third kappa shape index (κ3) is 5.23. The number of hydrogen-bond donors (Lipinski definition) is 1. The van der Waals surface area contributed by atoms with Crippen molar-refractivity contribution in [3.05, 3.63) is 28.8 Å². The fraction of sp³-hybridized carbons (Fsp3) is 0.650. The van der Waals surface area contributed by atoms with Gasteiger partial charge >= 0.3 is 5.97 Å². The molecule has 0 saturated heterocycles. The first-order chi connectivity index (χ1) is 11.1. The average molecular weight is 336 g/mol. The number of hydrogen-bond acceptors (Lipinski definition) is 4. The van der Waals surface area contributed by atoms with Crippen molar-refractivity contribution in [1.82, 2.24) is 0 Å². The van der Waals surface area contributed by atoms with Gasteiger partial charge in [0.1, 0.15) is 12.4 Å². The molecule has 1 N–H and O–H groups in total. The molecule has 0 spiro atoms. The summed E-state index contributed by atoms with van der Waals surface area (Å²) < 4.78 is 10.8. The van der Waals surface area contributed by atoms with Crippen molar-refractivity contribution >= 4 is 5.97 Å². The lowest BCUT2D eigenvalue weighted by molar-refractivity contribution is 0.0433. The second-order valence-corrected chi connectivity index (χ2v) is 8.05. The van der Waals surface area contributed by atoms with Crippen LogP contribution in [0.1, 0.15) is 69.4 Å². The standard InChI is InChI=1S/C20H32O4/c1-8-14-11-15(18(22)24-10-9-21)12-16(17(14)23-7)20(5,6)13-19(2,3)4/h11-12,21H,8-10,13H2,1-7H3. The molecule has 0 amide bonds. The normalized spacial score (nSPS) is 12.2. The SMILES string of the molecule is CCc1cc(C(=O)OCCO)cc(C(C)(C)CC(C)(C)C)c1OC. The molecule has 0 aliphatic rings. The van der Waals surface area contributed by atoms with E-state index in [2.05, 4.69) is 34.6 Å². The van der Waals surface area contributed by atoms with Gasteiger partial charge in [-0.15, -0.1) is 0 Å². The van der Waals surface area contributed by atoms with Gasteiger partial charge in [-0.25, -0.2) is 4.79 Å². The van der Waals surface area contributed by atoms with Crippen LogP contribution >= 0.6 is 0 Å². The lowest BCUT2D eigenvalue weighted by Gasteiger charge is -2.34. The van der Waals surface area contributed by atoms with Gasteiger partial charge in [0.25, 0.3) is 0 Å². The van der Waals surface area contributed by atoms with Gasteiger partial charge in [-0.05, 0) is 41.4 Å². The summed E-state index contributed by atoms with van der Waals surface area (Å²) in [6.45, 7) is 12.9. The van der Waals surface area contributed by atoms with Crippen molar-refractivity contribution in [3.63, 3.8) is 0 Å². The molecular formula is C20H32O4. The summed E-state index contributed by atoms with van der Waals surface area (Å²) >= 11 is 0. The van der Waals surface area contributed by atoms with Gasteiger partial charge in [-0.2, -0.15) is 0 Å². The molecule has 0 aliphatic heterocycles. The van der Waals surface area contributed by atoms with Crippen molar-refractivity contribution in [2.75, 3.05) is 20.3 Å². The number of esters is 1. The average Bonchev–Trinajstić information content (AvgIpc) is 2.48. The number of carbonyl (C=O) groups excluding carboxylic acids is 1. The highest BCUT2D eigenvalue weighted by atomic mass is 16.5. The third-order valence-corrected chi connectivity index (χ3v) is 4.01. The first-order valence-corrected chi connectivity index (χ1v) is 8.55. The third-order valence-electron chi connectivity index (χ3n) is 4.01. The molecule has 0 radical (unpaired) electrons. The lowest BCUT2D eigenvalue weighted by Crippen LogP contribution is -2.26. The zero-order valence-electron chi connectivity index (χ0n) is 16.2. The van der Waals surface area contributed by atoms with Crippen LogP contribution in [-0.4, -0.2) is 31.4 Å². The Balaban J connectivity index is 3.42. The molecule has 0 aromatic heterocycles. The van der Waals surface area contributed by atoms with E-state index in [0.717, 1.165) is 29.7 Å². The molecule has 0 bridgehead atoms. The summed E-state index contributed by atoms with van der Waals surface area (Å²) in [7, 11) is 1.68. The second kappa shape index (κ2) is 8.02. The first kappa shape index (κ1) is 20.5. The maximum atomic E-state index is 12.3. The molecule has 4 heteroatoms. The summed E-state index contributed by atoms with van der Waals surface area (Å²) in [6, 6.07) is 3.71. The van der Waals surface area contributed by atoms with Crippen LogP contribution in [0.25, 0.3) is 0 Å². The maximum Gasteiger partial charge on any atom is 0.338 e. The zero-order chi connectivity index (χ0) is 18.5. The number of aliphatic hydroxyl groups excluding tert-OH is 1. The molecule has 1 aromatic carbocycles. The first-order valence-electron chi connectivity index (χ1n) is 8.55.